The summed E-state index contributed by atoms with van der Waals surface area (Å²) in [4.78, 5) is 22.2. The minimum atomic E-state index is -2.65. The van der Waals surface area contributed by atoms with Crippen molar-refractivity contribution in [2.45, 2.75) is 19.4 Å². The van der Waals surface area contributed by atoms with E-state index in [9.17, 15) is 18.4 Å². The number of urea groups is 1. The number of carboxylic acids is 1. The maximum absolute atomic E-state index is 11.8. The fourth-order valence-electron chi connectivity index (χ4n) is 1.46. The molecule has 1 rings (SSSR count). The van der Waals surface area contributed by atoms with Crippen molar-refractivity contribution < 1.29 is 28.2 Å². The Hall–Kier alpha value is -1.44. The molecule has 1 saturated heterocycles. The molecule has 2 atom stereocenters. The predicted octanol–water partition coefficient (Wildman–Crippen LogP) is 0.0404. The third-order valence-electron chi connectivity index (χ3n) is 2.67. The lowest BCUT2D eigenvalue weighted by molar-refractivity contribution is -0.148. The topological polar surface area (TPSA) is 87.7 Å². The van der Waals surface area contributed by atoms with Crippen LogP contribution in [0.4, 0.5) is 13.6 Å². The summed E-state index contributed by atoms with van der Waals surface area (Å²) in [5.41, 5.74) is -1.23. The Balaban J connectivity index is 2.50. The molecule has 0 bridgehead atoms. The van der Waals surface area contributed by atoms with Crippen LogP contribution in [-0.4, -0.2) is 49.3 Å². The second-order valence-corrected chi connectivity index (χ2v) is 4.04. The van der Waals surface area contributed by atoms with E-state index in [0.29, 0.717) is 0 Å². The van der Waals surface area contributed by atoms with Gasteiger partial charge >= 0.3 is 12.0 Å². The van der Waals surface area contributed by atoms with Gasteiger partial charge in [0.1, 0.15) is 5.41 Å². The molecule has 0 radical (unpaired) electrons. The van der Waals surface area contributed by atoms with Crippen LogP contribution < -0.4 is 10.6 Å². The molecule has 0 aliphatic carbocycles. The first-order valence-corrected chi connectivity index (χ1v) is 5.00. The third-order valence-corrected chi connectivity index (χ3v) is 2.67. The van der Waals surface area contributed by atoms with Gasteiger partial charge in [0, 0.05) is 0 Å². The molecule has 0 aromatic carbocycles. The molecule has 8 heteroatoms. The smallest absolute Gasteiger partial charge is 0.315 e. The summed E-state index contributed by atoms with van der Waals surface area (Å²) < 4.78 is 28.6. The van der Waals surface area contributed by atoms with Gasteiger partial charge in [-0.2, -0.15) is 0 Å². The standard InChI is InChI=1S/C9H14F2N2O4/c1-9(7(14)15)4-17-3-5(9)13-8(16)12-2-6(10)11/h5-6H,2-4H2,1H3,(H,14,15)(H2,12,13,16). The van der Waals surface area contributed by atoms with Gasteiger partial charge < -0.3 is 20.5 Å². The number of amides is 2. The van der Waals surface area contributed by atoms with Crippen molar-refractivity contribution in [3.63, 3.8) is 0 Å². The normalized spacial score (nSPS) is 28.1. The average Bonchev–Trinajstić information content (AvgIpc) is 2.59. The maximum atomic E-state index is 11.8. The van der Waals surface area contributed by atoms with Crippen LogP contribution >= 0.6 is 0 Å². The van der Waals surface area contributed by atoms with Crippen LogP contribution in [0, 0.1) is 5.41 Å². The van der Waals surface area contributed by atoms with E-state index in [0.717, 1.165) is 0 Å². The molecule has 0 spiro atoms. The number of carbonyl (C=O) groups is 2. The van der Waals surface area contributed by atoms with Gasteiger partial charge in [0.15, 0.2) is 0 Å². The molecule has 1 fully saturated rings. The monoisotopic (exact) mass is 252 g/mol. The zero-order valence-electron chi connectivity index (χ0n) is 9.20. The molecule has 6 nitrogen and oxygen atoms in total. The van der Waals surface area contributed by atoms with Crippen molar-refractivity contribution in [3.05, 3.63) is 0 Å². The highest BCUT2D eigenvalue weighted by molar-refractivity contribution is 5.79. The second-order valence-electron chi connectivity index (χ2n) is 4.04. The number of alkyl halides is 2. The number of hydrogen-bond donors (Lipinski definition) is 3. The Morgan fingerprint density at radius 2 is 2.24 bits per heavy atom. The molecule has 0 saturated carbocycles. The van der Waals surface area contributed by atoms with Gasteiger partial charge in [-0.15, -0.1) is 0 Å². The Bertz CT molecular complexity index is 313. The van der Waals surface area contributed by atoms with Crippen LogP contribution in [0.3, 0.4) is 0 Å². The molecule has 1 heterocycles. The van der Waals surface area contributed by atoms with E-state index < -0.39 is 36.4 Å². The summed E-state index contributed by atoms with van der Waals surface area (Å²) in [6.07, 6.45) is -2.65. The highest BCUT2D eigenvalue weighted by Gasteiger charge is 2.47. The van der Waals surface area contributed by atoms with E-state index in [1.807, 2.05) is 5.32 Å². The largest absolute Gasteiger partial charge is 0.481 e. The molecule has 0 aromatic rings. The molecule has 2 amide bonds. The van der Waals surface area contributed by atoms with E-state index in [2.05, 4.69) is 5.32 Å². The van der Waals surface area contributed by atoms with Crippen molar-refractivity contribution in [2.24, 2.45) is 5.41 Å². The molecular weight excluding hydrogens is 238 g/mol. The number of ether oxygens (including phenoxy) is 1. The molecule has 98 valence electrons. The summed E-state index contributed by atoms with van der Waals surface area (Å²) in [6, 6.07) is -1.56. The van der Waals surface area contributed by atoms with Crippen LogP contribution in [0.1, 0.15) is 6.92 Å². The fraction of sp³-hybridized carbons (Fsp3) is 0.778. The number of nitrogens with one attached hydrogen (secondary N) is 2. The van der Waals surface area contributed by atoms with Crippen LogP contribution in [0.5, 0.6) is 0 Å². The Labute approximate surface area is 96.3 Å². The molecule has 3 N–H and O–H groups in total. The zero-order chi connectivity index (χ0) is 13.1. The van der Waals surface area contributed by atoms with Crippen molar-refractivity contribution >= 4 is 12.0 Å². The van der Waals surface area contributed by atoms with Gasteiger partial charge in [0.2, 0.25) is 0 Å². The van der Waals surface area contributed by atoms with Crippen molar-refractivity contribution in [1.29, 1.82) is 0 Å². The second kappa shape index (κ2) is 5.26. The van der Waals surface area contributed by atoms with Gasteiger partial charge in [-0.25, -0.2) is 13.6 Å². The predicted molar refractivity (Wildman–Crippen MR) is 52.9 cm³/mol. The number of hydrogen-bond acceptors (Lipinski definition) is 3. The molecule has 0 aromatic heterocycles. The summed E-state index contributed by atoms with van der Waals surface area (Å²) in [5, 5.41) is 13.3. The van der Waals surface area contributed by atoms with E-state index in [4.69, 9.17) is 9.84 Å². The van der Waals surface area contributed by atoms with Gasteiger partial charge in [0.25, 0.3) is 6.43 Å². The summed E-state index contributed by atoms with van der Waals surface area (Å²) in [5.74, 6) is -1.10. The Morgan fingerprint density at radius 3 is 2.76 bits per heavy atom. The fourth-order valence-corrected chi connectivity index (χ4v) is 1.46. The third kappa shape index (κ3) is 3.26. The quantitative estimate of drug-likeness (QED) is 0.659. The van der Waals surface area contributed by atoms with Gasteiger partial charge in [0.05, 0.1) is 25.8 Å². The average molecular weight is 252 g/mol. The van der Waals surface area contributed by atoms with E-state index in [1.54, 1.807) is 0 Å². The molecule has 2 unspecified atom stereocenters. The SMILES string of the molecule is CC1(C(=O)O)COCC1NC(=O)NCC(F)F. The first-order chi connectivity index (χ1) is 7.86. The molecule has 1 aliphatic rings. The van der Waals surface area contributed by atoms with Crippen molar-refractivity contribution in [1.82, 2.24) is 10.6 Å². The number of carboxylic acid groups (broad SMARTS) is 1. The highest BCUT2D eigenvalue weighted by atomic mass is 19.3. The molecule has 1 aliphatic heterocycles. The van der Waals surface area contributed by atoms with Crippen molar-refractivity contribution in [2.75, 3.05) is 19.8 Å². The number of carbonyl (C=O) groups excluding carboxylic acids is 1. The van der Waals surface area contributed by atoms with Gasteiger partial charge in [-0.05, 0) is 6.92 Å². The van der Waals surface area contributed by atoms with E-state index in [-0.39, 0.29) is 13.2 Å². The zero-order valence-corrected chi connectivity index (χ0v) is 9.20. The van der Waals surface area contributed by atoms with Crippen LogP contribution in [0.25, 0.3) is 0 Å². The van der Waals surface area contributed by atoms with E-state index >= 15 is 0 Å². The molecule has 17 heavy (non-hydrogen) atoms. The highest BCUT2D eigenvalue weighted by Crippen LogP contribution is 2.28. The van der Waals surface area contributed by atoms with Gasteiger partial charge in [-0.3, -0.25) is 4.79 Å². The molecular formula is C9H14F2N2O4. The Kier molecular flexibility index (Phi) is 4.22. The summed E-state index contributed by atoms with van der Waals surface area (Å²) in [7, 11) is 0. The van der Waals surface area contributed by atoms with Crippen LogP contribution in [-0.2, 0) is 9.53 Å². The van der Waals surface area contributed by atoms with Crippen LogP contribution in [0.2, 0.25) is 0 Å². The lowest BCUT2D eigenvalue weighted by Gasteiger charge is -2.25. The Morgan fingerprint density at radius 1 is 1.59 bits per heavy atom. The first kappa shape index (κ1) is 13.6. The van der Waals surface area contributed by atoms with Gasteiger partial charge in [-0.1, -0.05) is 0 Å². The number of halogens is 2. The van der Waals surface area contributed by atoms with Crippen LogP contribution in [0.15, 0.2) is 0 Å². The van der Waals surface area contributed by atoms with E-state index in [1.165, 1.54) is 6.92 Å². The lowest BCUT2D eigenvalue weighted by atomic mass is 9.85. The summed E-state index contributed by atoms with van der Waals surface area (Å²) >= 11 is 0. The maximum Gasteiger partial charge on any atom is 0.315 e. The minimum Gasteiger partial charge on any atom is -0.481 e. The van der Waals surface area contributed by atoms with Crippen molar-refractivity contribution in [3.8, 4) is 0 Å². The first-order valence-electron chi connectivity index (χ1n) is 5.00. The lowest BCUT2D eigenvalue weighted by Crippen LogP contribution is -2.52. The summed E-state index contributed by atoms with van der Waals surface area (Å²) in [6.45, 7) is 0.677. The number of rotatable bonds is 4. The number of aliphatic carboxylic acids is 1. The minimum absolute atomic E-state index is 0.0257.